The lowest BCUT2D eigenvalue weighted by Gasteiger charge is -2.10. The molecule has 33 heavy (non-hydrogen) atoms. The first kappa shape index (κ1) is 23.4. The molecule has 0 unspecified atom stereocenters. The average molecular weight is 499 g/mol. The zero-order chi connectivity index (χ0) is 23.4. The smallest absolute Gasteiger partial charge is 0.178 e. The molecular weight excluding hydrogens is 476 g/mol. The van der Waals surface area contributed by atoms with Gasteiger partial charge in [-0.25, -0.2) is 13.4 Å². The van der Waals surface area contributed by atoms with Crippen LogP contribution in [0, 0.1) is 6.92 Å². The number of halogens is 1. The predicted octanol–water partition coefficient (Wildman–Crippen LogP) is 6.52. The van der Waals surface area contributed by atoms with Crippen molar-refractivity contribution in [3.8, 4) is 22.8 Å². The minimum atomic E-state index is -3.27. The molecule has 0 atom stereocenters. The molecule has 0 amide bonds. The Bertz CT molecular complexity index is 1350. The molecule has 4 rings (SSSR count). The zero-order valence-corrected chi connectivity index (χ0v) is 20.6. The third-order valence-corrected chi connectivity index (χ3v) is 7.91. The molecule has 0 aliphatic heterocycles. The van der Waals surface area contributed by atoms with Crippen molar-refractivity contribution in [2.24, 2.45) is 0 Å². The first-order valence-corrected chi connectivity index (χ1v) is 13.3. The van der Waals surface area contributed by atoms with Crippen molar-refractivity contribution in [1.82, 2.24) is 9.55 Å². The molecule has 0 saturated heterocycles. The zero-order valence-electron chi connectivity index (χ0n) is 18.2. The van der Waals surface area contributed by atoms with Crippen LogP contribution in [0.25, 0.3) is 17.1 Å². The van der Waals surface area contributed by atoms with Crippen LogP contribution in [0.5, 0.6) is 5.75 Å². The van der Waals surface area contributed by atoms with Crippen LogP contribution < -0.4 is 4.18 Å². The van der Waals surface area contributed by atoms with Crippen molar-refractivity contribution < 1.29 is 12.6 Å². The first-order chi connectivity index (χ1) is 15.9. The number of sulfone groups is 1. The summed E-state index contributed by atoms with van der Waals surface area (Å²) in [5.74, 6) is 2.05. The standard InChI is InChI=1S/C25H23ClN2O3S2/c1-3-33(29,30)22-14-10-20(11-15-22)28-16-19(17-32-31-21-12-8-18(2)9-13-21)27-25(28)23-6-4-5-7-24(23)26/h4-16H,3,17H2,1-2H3. The summed E-state index contributed by atoms with van der Waals surface area (Å²) in [5, 5.41) is 0.588. The Morgan fingerprint density at radius 2 is 1.70 bits per heavy atom. The average Bonchev–Trinajstić information content (AvgIpc) is 3.24. The maximum absolute atomic E-state index is 12.2. The molecule has 0 N–H and O–H groups in total. The largest absolute Gasteiger partial charge is 0.425 e. The summed E-state index contributed by atoms with van der Waals surface area (Å²) < 4.78 is 32.1. The highest BCUT2D eigenvalue weighted by Crippen LogP contribution is 2.31. The molecule has 170 valence electrons. The lowest BCUT2D eigenvalue weighted by atomic mass is 10.2. The molecule has 0 aliphatic rings. The van der Waals surface area contributed by atoms with E-state index in [0.717, 1.165) is 22.7 Å². The van der Waals surface area contributed by atoms with Crippen LogP contribution in [0.15, 0.2) is 83.9 Å². The highest BCUT2D eigenvalue weighted by Gasteiger charge is 2.16. The normalized spacial score (nSPS) is 11.5. The van der Waals surface area contributed by atoms with Crippen molar-refractivity contribution in [2.45, 2.75) is 24.5 Å². The summed E-state index contributed by atoms with van der Waals surface area (Å²) in [5.41, 5.74) is 3.57. The van der Waals surface area contributed by atoms with Crippen molar-refractivity contribution in [2.75, 3.05) is 5.75 Å². The van der Waals surface area contributed by atoms with Crippen LogP contribution >= 0.6 is 23.6 Å². The van der Waals surface area contributed by atoms with E-state index in [2.05, 4.69) is 0 Å². The lowest BCUT2D eigenvalue weighted by Crippen LogP contribution is -2.04. The Kier molecular flexibility index (Phi) is 7.12. The molecule has 0 radical (unpaired) electrons. The maximum Gasteiger partial charge on any atom is 0.178 e. The lowest BCUT2D eigenvalue weighted by molar-refractivity contribution is 0.597. The Hall–Kier alpha value is -2.74. The van der Waals surface area contributed by atoms with Gasteiger partial charge in [0.05, 0.1) is 39.2 Å². The van der Waals surface area contributed by atoms with Crippen LogP contribution in [0.4, 0.5) is 0 Å². The van der Waals surface area contributed by atoms with E-state index in [1.165, 1.54) is 17.6 Å². The Balaban J connectivity index is 1.64. The third-order valence-electron chi connectivity index (χ3n) is 5.11. The van der Waals surface area contributed by atoms with Gasteiger partial charge in [0.15, 0.2) is 9.84 Å². The van der Waals surface area contributed by atoms with E-state index in [0.29, 0.717) is 21.5 Å². The van der Waals surface area contributed by atoms with Crippen LogP contribution in [0.1, 0.15) is 18.2 Å². The van der Waals surface area contributed by atoms with Gasteiger partial charge in [-0.2, -0.15) is 0 Å². The fourth-order valence-electron chi connectivity index (χ4n) is 3.26. The molecule has 0 saturated carbocycles. The number of hydrogen-bond donors (Lipinski definition) is 0. The number of aryl methyl sites for hydroxylation is 1. The molecule has 4 aromatic rings. The van der Waals surface area contributed by atoms with Gasteiger partial charge in [-0.05, 0) is 55.5 Å². The van der Waals surface area contributed by atoms with E-state index < -0.39 is 9.84 Å². The van der Waals surface area contributed by atoms with Gasteiger partial charge in [0.25, 0.3) is 0 Å². The molecule has 0 bridgehead atoms. The highest BCUT2D eigenvalue weighted by molar-refractivity contribution is 7.94. The van der Waals surface area contributed by atoms with Gasteiger partial charge in [-0.3, -0.25) is 4.57 Å². The number of benzene rings is 3. The van der Waals surface area contributed by atoms with E-state index in [9.17, 15) is 8.42 Å². The van der Waals surface area contributed by atoms with Crippen molar-refractivity contribution in [3.05, 3.63) is 95.3 Å². The molecule has 0 spiro atoms. The minimum absolute atomic E-state index is 0.0602. The van der Waals surface area contributed by atoms with Gasteiger partial charge < -0.3 is 4.18 Å². The van der Waals surface area contributed by atoms with Gasteiger partial charge >= 0.3 is 0 Å². The molecule has 1 aromatic heterocycles. The fraction of sp³-hybridized carbons (Fsp3) is 0.160. The second-order valence-electron chi connectivity index (χ2n) is 7.46. The second-order valence-corrected chi connectivity index (χ2v) is 10.8. The van der Waals surface area contributed by atoms with Gasteiger partial charge in [0, 0.05) is 17.4 Å². The number of hydrogen-bond acceptors (Lipinski definition) is 5. The van der Waals surface area contributed by atoms with E-state index in [-0.39, 0.29) is 5.75 Å². The SMILES string of the molecule is CCS(=O)(=O)c1ccc(-n2cc(CSOc3ccc(C)cc3)nc2-c2ccccc2Cl)cc1. The Labute approximate surface area is 203 Å². The number of rotatable bonds is 8. The van der Waals surface area contributed by atoms with E-state index in [4.69, 9.17) is 20.8 Å². The summed E-state index contributed by atoms with van der Waals surface area (Å²) in [6.07, 6.45) is 1.92. The molecule has 0 fully saturated rings. The molecule has 0 aliphatic carbocycles. The molecular formula is C25H23ClN2O3S2. The highest BCUT2D eigenvalue weighted by atomic mass is 35.5. The van der Waals surface area contributed by atoms with Crippen molar-refractivity contribution in [3.63, 3.8) is 0 Å². The monoisotopic (exact) mass is 498 g/mol. The summed E-state index contributed by atoms with van der Waals surface area (Å²) >= 11 is 7.77. The van der Waals surface area contributed by atoms with Gasteiger partial charge in [0.1, 0.15) is 11.6 Å². The van der Waals surface area contributed by atoms with Crippen molar-refractivity contribution in [1.29, 1.82) is 0 Å². The number of nitrogens with zero attached hydrogens (tertiary/aromatic N) is 2. The Morgan fingerprint density at radius 3 is 2.36 bits per heavy atom. The summed E-state index contributed by atoms with van der Waals surface area (Å²) in [7, 11) is -3.27. The van der Waals surface area contributed by atoms with Gasteiger partial charge in [-0.1, -0.05) is 48.4 Å². The Morgan fingerprint density at radius 1 is 1.00 bits per heavy atom. The molecule has 8 heteroatoms. The second kappa shape index (κ2) is 10.0. The number of aromatic nitrogens is 2. The third kappa shape index (κ3) is 5.43. The summed E-state index contributed by atoms with van der Waals surface area (Å²) in [6, 6.07) is 22.2. The van der Waals surface area contributed by atoms with Crippen LogP contribution in [0.2, 0.25) is 5.02 Å². The minimum Gasteiger partial charge on any atom is -0.425 e. The first-order valence-electron chi connectivity index (χ1n) is 10.4. The quantitative estimate of drug-likeness (QED) is 0.259. The van der Waals surface area contributed by atoms with Crippen molar-refractivity contribution >= 4 is 33.5 Å². The summed E-state index contributed by atoms with van der Waals surface area (Å²) in [6.45, 7) is 3.67. The summed E-state index contributed by atoms with van der Waals surface area (Å²) in [4.78, 5) is 5.11. The van der Waals surface area contributed by atoms with Crippen LogP contribution in [0.3, 0.4) is 0 Å². The van der Waals surface area contributed by atoms with Crippen LogP contribution in [-0.2, 0) is 15.6 Å². The number of imidazole rings is 1. The topological polar surface area (TPSA) is 61.2 Å². The van der Waals surface area contributed by atoms with E-state index >= 15 is 0 Å². The van der Waals surface area contributed by atoms with Gasteiger partial charge in [-0.15, -0.1) is 0 Å². The van der Waals surface area contributed by atoms with Gasteiger partial charge in [0.2, 0.25) is 0 Å². The molecule has 5 nitrogen and oxygen atoms in total. The van der Waals surface area contributed by atoms with E-state index in [1.54, 1.807) is 31.2 Å². The predicted molar refractivity (Wildman–Crippen MR) is 135 cm³/mol. The maximum atomic E-state index is 12.2. The molecule has 1 heterocycles. The van der Waals surface area contributed by atoms with Crippen LogP contribution in [-0.4, -0.2) is 23.7 Å². The fourth-order valence-corrected chi connectivity index (χ4v) is 4.93. The molecule has 3 aromatic carbocycles. The van der Waals surface area contributed by atoms with E-state index in [1.807, 2.05) is 66.2 Å².